The van der Waals surface area contributed by atoms with Gasteiger partial charge in [-0.15, -0.1) is 11.6 Å². The van der Waals surface area contributed by atoms with Crippen molar-refractivity contribution in [3.63, 3.8) is 0 Å². The molecule has 0 fully saturated rings. The summed E-state index contributed by atoms with van der Waals surface area (Å²) in [4.78, 5) is 0. The number of benzene rings is 2. The van der Waals surface area contributed by atoms with Crippen LogP contribution in [-0.2, 0) is 6.42 Å². The molecule has 0 aromatic heterocycles. The number of fused-ring (bicyclic) bond motifs is 1. The standard InChI is InChI=1S/C16H19Cl/c17-13-6-2-1-3-8-14-10-7-11-15-9-4-5-12-16(14)15/h4-5,7,9-12H,1-3,6,8,13H2. The first-order valence-corrected chi connectivity index (χ1v) is 6.98. The molecule has 0 N–H and O–H groups in total. The summed E-state index contributed by atoms with van der Waals surface area (Å²) >= 11 is 5.68. The average molecular weight is 247 g/mol. The maximum Gasteiger partial charge on any atom is 0.0223 e. The third-order valence-corrected chi connectivity index (χ3v) is 3.48. The second kappa shape index (κ2) is 6.66. The van der Waals surface area contributed by atoms with Crippen LogP contribution < -0.4 is 0 Å². The highest BCUT2D eigenvalue weighted by Crippen LogP contribution is 2.20. The van der Waals surface area contributed by atoms with E-state index >= 15 is 0 Å². The molecule has 0 saturated heterocycles. The topological polar surface area (TPSA) is 0 Å². The fourth-order valence-corrected chi connectivity index (χ4v) is 2.46. The van der Waals surface area contributed by atoms with Crippen LogP contribution >= 0.6 is 11.6 Å². The minimum absolute atomic E-state index is 0.800. The molecule has 1 heteroatoms. The Kier molecular flexibility index (Phi) is 4.88. The van der Waals surface area contributed by atoms with Gasteiger partial charge in [-0.2, -0.15) is 0 Å². The monoisotopic (exact) mass is 246 g/mol. The van der Waals surface area contributed by atoms with E-state index in [4.69, 9.17) is 11.6 Å². The zero-order chi connectivity index (χ0) is 11.9. The predicted molar refractivity (Wildman–Crippen MR) is 76.8 cm³/mol. The molecule has 2 rings (SSSR count). The van der Waals surface area contributed by atoms with E-state index in [0.717, 1.165) is 12.3 Å². The van der Waals surface area contributed by atoms with Crippen LogP contribution in [0.2, 0.25) is 0 Å². The van der Waals surface area contributed by atoms with Crippen LogP contribution in [0, 0.1) is 0 Å². The van der Waals surface area contributed by atoms with E-state index < -0.39 is 0 Å². The Morgan fingerprint density at radius 1 is 0.765 bits per heavy atom. The summed E-state index contributed by atoms with van der Waals surface area (Å²) in [7, 11) is 0. The van der Waals surface area contributed by atoms with Crippen LogP contribution in [0.1, 0.15) is 31.2 Å². The number of alkyl halides is 1. The molecular weight excluding hydrogens is 228 g/mol. The Bertz CT molecular complexity index is 457. The van der Waals surface area contributed by atoms with Gasteiger partial charge < -0.3 is 0 Å². The lowest BCUT2D eigenvalue weighted by Crippen LogP contribution is -1.88. The summed E-state index contributed by atoms with van der Waals surface area (Å²) < 4.78 is 0. The smallest absolute Gasteiger partial charge is 0.0223 e. The van der Waals surface area contributed by atoms with Gasteiger partial charge in [0.05, 0.1) is 0 Å². The van der Waals surface area contributed by atoms with Gasteiger partial charge in [-0.1, -0.05) is 55.3 Å². The lowest BCUT2D eigenvalue weighted by molar-refractivity contribution is 0.670. The van der Waals surface area contributed by atoms with Gasteiger partial charge in [0.1, 0.15) is 0 Å². The van der Waals surface area contributed by atoms with E-state index in [1.165, 1.54) is 42.0 Å². The molecule has 0 aliphatic carbocycles. The van der Waals surface area contributed by atoms with Crippen LogP contribution in [-0.4, -0.2) is 5.88 Å². The minimum atomic E-state index is 0.800. The van der Waals surface area contributed by atoms with E-state index in [-0.39, 0.29) is 0 Å². The average Bonchev–Trinajstić information content (AvgIpc) is 2.39. The van der Waals surface area contributed by atoms with E-state index in [1.807, 2.05) is 0 Å². The van der Waals surface area contributed by atoms with Crippen molar-refractivity contribution < 1.29 is 0 Å². The summed E-state index contributed by atoms with van der Waals surface area (Å²) in [6.45, 7) is 0. The summed E-state index contributed by atoms with van der Waals surface area (Å²) in [6, 6.07) is 15.2. The molecule has 0 amide bonds. The van der Waals surface area contributed by atoms with Crippen LogP contribution in [0.4, 0.5) is 0 Å². The molecule has 0 radical (unpaired) electrons. The van der Waals surface area contributed by atoms with Gasteiger partial charge in [0.25, 0.3) is 0 Å². The first-order valence-electron chi connectivity index (χ1n) is 6.44. The summed E-state index contributed by atoms with van der Waals surface area (Å²) in [5, 5.41) is 2.76. The summed E-state index contributed by atoms with van der Waals surface area (Å²) in [5.41, 5.74) is 1.48. The lowest BCUT2D eigenvalue weighted by Gasteiger charge is -2.06. The number of rotatable bonds is 6. The molecule has 0 spiro atoms. The lowest BCUT2D eigenvalue weighted by atomic mass is 9.99. The molecule has 0 aliphatic heterocycles. The number of halogens is 1. The fourth-order valence-electron chi connectivity index (χ4n) is 2.27. The van der Waals surface area contributed by atoms with Gasteiger partial charge >= 0.3 is 0 Å². The molecule has 2 aromatic rings. The summed E-state index contributed by atoms with van der Waals surface area (Å²) in [6.07, 6.45) is 6.15. The number of aryl methyl sites for hydroxylation is 1. The maximum atomic E-state index is 5.68. The van der Waals surface area contributed by atoms with E-state index in [1.54, 1.807) is 0 Å². The van der Waals surface area contributed by atoms with Crippen LogP contribution in [0.15, 0.2) is 42.5 Å². The molecule has 90 valence electrons. The van der Waals surface area contributed by atoms with Gasteiger partial charge in [-0.25, -0.2) is 0 Å². The highest BCUT2D eigenvalue weighted by atomic mass is 35.5. The van der Waals surface area contributed by atoms with E-state index in [0.29, 0.717) is 0 Å². The van der Waals surface area contributed by atoms with Gasteiger partial charge in [-0.05, 0) is 35.6 Å². The van der Waals surface area contributed by atoms with Crippen molar-refractivity contribution in [1.82, 2.24) is 0 Å². The minimum Gasteiger partial charge on any atom is -0.127 e. The first-order chi connectivity index (χ1) is 8.42. The maximum absolute atomic E-state index is 5.68. The van der Waals surface area contributed by atoms with Gasteiger partial charge in [0, 0.05) is 5.88 Å². The van der Waals surface area contributed by atoms with Crippen LogP contribution in [0.5, 0.6) is 0 Å². The second-order valence-electron chi connectivity index (χ2n) is 4.49. The predicted octanol–water partition coefficient (Wildman–Crippen LogP) is 5.18. The third kappa shape index (κ3) is 3.47. The molecule has 0 bridgehead atoms. The first kappa shape index (κ1) is 12.4. The summed E-state index contributed by atoms with van der Waals surface area (Å²) in [5.74, 6) is 0.800. The van der Waals surface area contributed by atoms with Gasteiger partial charge in [0.15, 0.2) is 0 Å². The Balaban J connectivity index is 1.98. The third-order valence-electron chi connectivity index (χ3n) is 3.21. The molecule has 0 atom stereocenters. The van der Waals surface area contributed by atoms with Gasteiger partial charge in [0.2, 0.25) is 0 Å². The highest BCUT2D eigenvalue weighted by molar-refractivity contribution is 6.17. The molecule has 0 heterocycles. The van der Waals surface area contributed by atoms with Crippen molar-refractivity contribution in [1.29, 1.82) is 0 Å². The Morgan fingerprint density at radius 3 is 2.41 bits per heavy atom. The molecule has 0 saturated carbocycles. The largest absolute Gasteiger partial charge is 0.127 e. The number of hydrogen-bond donors (Lipinski definition) is 0. The molecule has 17 heavy (non-hydrogen) atoms. The Hall–Kier alpha value is -1.01. The van der Waals surface area contributed by atoms with Crippen molar-refractivity contribution in [2.45, 2.75) is 32.1 Å². The zero-order valence-corrected chi connectivity index (χ0v) is 10.9. The SMILES string of the molecule is ClCCCCCCc1cccc2ccccc12. The highest BCUT2D eigenvalue weighted by Gasteiger charge is 1.99. The molecular formula is C16H19Cl. The molecule has 2 aromatic carbocycles. The molecule has 0 nitrogen and oxygen atoms in total. The Morgan fingerprint density at radius 2 is 1.53 bits per heavy atom. The number of hydrogen-bond acceptors (Lipinski definition) is 0. The van der Waals surface area contributed by atoms with Crippen LogP contribution in [0.3, 0.4) is 0 Å². The van der Waals surface area contributed by atoms with E-state index in [2.05, 4.69) is 42.5 Å². The Labute approximate surface area is 109 Å². The fraction of sp³-hybridized carbons (Fsp3) is 0.375. The normalized spacial score (nSPS) is 10.9. The van der Waals surface area contributed by atoms with Crippen LogP contribution in [0.25, 0.3) is 10.8 Å². The van der Waals surface area contributed by atoms with Crippen molar-refractivity contribution in [3.05, 3.63) is 48.0 Å². The van der Waals surface area contributed by atoms with Crippen molar-refractivity contribution in [2.75, 3.05) is 5.88 Å². The van der Waals surface area contributed by atoms with Gasteiger partial charge in [-0.3, -0.25) is 0 Å². The van der Waals surface area contributed by atoms with Crippen molar-refractivity contribution in [3.8, 4) is 0 Å². The van der Waals surface area contributed by atoms with Crippen molar-refractivity contribution >= 4 is 22.4 Å². The van der Waals surface area contributed by atoms with Crippen molar-refractivity contribution in [2.24, 2.45) is 0 Å². The molecule has 0 aliphatic rings. The molecule has 0 unspecified atom stereocenters. The number of unbranched alkanes of at least 4 members (excludes halogenated alkanes) is 3. The quantitative estimate of drug-likeness (QED) is 0.487. The van der Waals surface area contributed by atoms with E-state index in [9.17, 15) is 0 Å². The second-order valence-corrected chi connectivity index (χ2v) is 4.87. The zero-order valence-electron chi connectivity index (χ0n) is 10.2.